The molecule has 1 heterocycles. The molecule has 0 N–H and O–H groups in total. The average molecular weight is 313 g/mol. The SMILES string of the molecule is CC.COc1ccc(Br)c2c1OCC(C(C)C)=C2. The van der Waals surface area contributed by atoms with E-state index in [4.69, 9.17) is 9.47 Å². The molecule has 0 bridgehead atoms. The average Bonchev–Trinajstić information content (AvgIpc) is 2.41. The first kappa shape index (κ1) is 15.1. The standard InChI is InChI=1S/C13H15BrO2.C2H6/c1-8(2)9-6-10-11(14)4-5-12(15-3)13(10)16-7-9;1-2/h4-6,8H,7H2,1-3H3;1-2H3. The Morgan fingerprint density at radius 2 is 1.94 bits per heavy atom. The summed E-state index contributed by atoms with van der Waals surface area (Å²) in [5.41, 5.74) is 2.38. The Balaban J connectivity index is 0.000000771. The minimum absolute atomic E-state index is 0.506. The molecule has 0 aromatic heterocycles. The molecular formula is C15H21BrO2. The molecular weight excluding hydrogens is 292 g/mol. The Morgan fingerprint density at radius 1 is 1.28 bits per heavy atom. The minimum Gasteiger partial charge on any atom is -0.493 e. The maximum Gasteiger partial charge on any atom is 0.169 e. The highest BCUT2D eigenvalue weighted by molar-refractivity contribution is 9.10. The van der Waals surface area contributed by atoms with E-state index < -0.39 is 0 Å². The quantitative estimate of drug-likeness (QED) is 0.772. The van der Waals surface area contributed by atoms with Crippen LogP contribution in [0.25, 0.3) is 6.08 Å². The molecule has 1 aromatic rings. The second-order valence-corrected chi connectivity index (χ2v) is 5.01. The van der Waals surface area contributed by atoms with Gasteiger partial charge in [0.25, 0.3) is 0 Å². The summed E-state index contributed by atoms with van der Waals surface area (Å²) in [6.07, 6.45) is 2.19. The summed E-state index contributed by atoms with van der Waals surface area (Å²) < 4.78 is 12.1. The van der Waals surface area contributed by atoms with Gasteiger partial charge >= 0.3 is 0 Å². The predicted octanol–water partition coefficient (Wildman–Crippen LogP) is 4.92. The van der Waals surface area contributed by atoms with Crippen LogP contribution in [0.1, 0.15) is 33.3 Å². The summed E-state index contributed by atoms with van der Waals surface area (Å²) in [6.45, 7) is 9.00. The molecule has 0 aliphatic carbocycles. The molecule has 1 aliphatic heterocycles. The highest BCUT2D eigenvalue weighted by Crippen LogP contribution is 2.40. The fraction of sp³-hybridized carbons (Fsp3) is 0.467. The molecule has 18 heavy (non-hydrogen) atoms. The molecule has 100 valence electrons. The van der Waals surface area contributed by atoms with Crippen molar-refractivity contribution in [3.8, 4) is 11.5 Å². The van der Waals surface area contributed by atoms with Gasteiger partial charge in [0.1, 0.15) is 6.61 Å². The maximum atomic E-state index is 5.78. The Hall–Kier alpha value is -0.960. The van der Waals surface area contributed by atoms with Crippen molar-refractivity contribution in [1.29, 1.82) is 0 Å². The molecule has 2 rings (SSSR count). The van der Waals surface area contributed by atoms with Gasteiger partial charge in [0.05, 0.1) is 7.11 Å². The van der Waals surface area contributed by atoms with Gasteiger partial charge < -0.3 is 9.47 Å². The molecule has 3 heteroatoms. The monoisotopic (exact) mass is 312 g/mol. The summed E-state index contributed by atoms with van der Waals surface area (Å²) in [7, 11) is 1.66. The van der Waals surface area contributed by atoms with E-state index in [0.29, 0.717) is 12.5 Å². The van der Waals surface area contributed by atoms with Gasteiger partial charge in [0.2, 0.25) is 0 Å². The van der Waals surface area contributed by atoms with Crippen molar-refractivity contribution in [3.05, 3.63) is 27.7 Å². The van der Waals surface area contributed by atoms with Crippen molar-refractivity contribution in [1.82, 2.24) is 0 Å². The van der Waals surface area contributed by atoms with E-state index in [1.165, 1.54) is 5.57 Å². The predicted molar refractivity (Wildman–Crippen MR) is 80.4 cm³/mol. The molecule has 0 fully saturated rings. The zero-order chi connectivity index (χ0) is 13.7. The fourth-order valence-corrected chi connectivity index (χ4v) is 2.14. The van der Waals surface area contributed by atoms with Crippen molar-refractivity contribution < 1.29 is 9.47 Å². The fourth-order valence-electron chi connectivity index (χ4n) is 1.72. The van der Waals surface area contributed by atoms with Gasteiger partial charge in [0, 0.05) is 10.0 Å². The summed E-state index contributed by atoms with van der Waals surface area (Å²) in [5.74, 6) is 2.13. The first-order chi connectivity index (χ1) is 8.63. The van der Waals surface area contributed by atoms with E-state index in [2.05, 4.69) is 35.9 Å². The highest BCUT2D eigenvalue weighted by atomic mass is 79.9. The molecule has 1 aromatic carbocycles. The second-order valence-electron chi connectivity index (χ2n) is 4.16. The molecule has 0 saturated carbocycles. The van der Waals surface area contributed by atoms with Crippen LogP contribution in [0.2, 0.25) is 0 Å². The number of ether oxygens (including phenoxy) is 2. The summed E-state index contributed by atoms with van der Waals surface area (Å²) >= 11 is 3.54. The summed E-state index contributed by atoms with van der Waals surface area (Å²) in [4.78, 5) is 0. The van der Waals surface area contributed by atoms with Crippen molar-refractivity contribution in [2.75, 3.05) is 13.7 Å². The van der Waals surface area contributed by atoms with Gasteiger partial charge in [-0.05, 0) is 29.7 Å². The van der Waals surface area contributed by atoms with E-state index in [0.717, 1.165) is 21.5 Å². The Labute approximate surface area is 118 Å². The van der Waals surface area contributed by atoms with Gasteiger partial charge in [-0.15, -0.1) is 0 Å². The third kappa shape index (κ3) is 3.08. The highest BCUT2D eigenvalue weighted by Gasteiger charge is 2.19. The van der Waals surface area contributed by atoms with Gasteiger partial charge in [0.15, 0.2) is 11.5 Å². The number of benzene rings is 1. The Morgan fingerprint density at radius 3 is 2.50 bits per heavy atom. The van der Waals surface area contributed by atoms with Gasteiger partial charge in [-0.2, -0.15) is 0 Å². The number of hydrogen-bond acceptors (Lipinski definition) is 2. The van der Waals surface area contributed by atoms with Crippen molar-refractivity contribution in [2.24, 2.45) is 5.92 Å². The van der Waals surface area contributed by atoms with Crippen LogP contribution in [0.4, 0.5) is 0 Å². The molecule has 0 radical (unpaired) electrons. The number of methoxy groups -OCH3 is 1. The number of fused-ring (bicyclic) bond motifs is 1. The van der Waals surface area contributed by atoms with Crippen molar-refractivity contribution in [3.63, 3.8) is 0 Å². The van der Waals surface area contributed by atoms with Gasteiger partial charge in [-0.1, -0.05) is 43.6 Å². The molecule has 0 atom stereocenters. The van der Waals surface area contributed by atoms with E-state index in [-0.39, 0.29) is 0 Å². The summed E-state index contributed by atoms with van der Waals surface area (Å²) in [6, 6.07) is 3.90. The molecule has 0 saturated heterocycles. The Bertz CT molecular complexity index is 436. The van der Waals surface area contributed by atoms with Gasteiger partial charge in [-0.25, -0.2) is 0 Å². The van der Waals surface area contributed by atoms with E-state index in [9.17, 15) is 0 Å². The lowest BCUT2D eigenvalue weighted by Gasteiger charge is -2.22. The number of rotatable bonds is 2. The number of halogens is 1. The number of hydrogen-bond donors (Lipinski definition) is 0. The maximum absolute atomic E-state index is 5.78. The Kier molecular flexibility index (Phi) is 5.73. The van der Waals surface area contributed by atoms with Crippen LogP contribution in [-0.4, -0.2) is 13.7 Å². The smallest absolute Gasteiger partial charge is 0.169 e. The van der Waals surface area contributed by atoms with Crippen LogP contribution in [0, 0.1) is 5.92 Å². The van der Waals surface area contributed by atoms with E-state index >= 15 is 0 Å². The normalized spacial score (nSPS) is 12.9. The van der Waals surface area contributed by atoms with Crippen LogP contribution >= 0.6 is 15.9 Å². The third-order valence-corrected chi connectivity index (χ3v) is 3.47. The molecule has 1 aliphatic rings. The zero-order valence-electron chi connectivity index (χ0n) is 11.7. The topological polar surface area (TPSA) is 18.5 Å². The van der Waals surface area contributed by atoms with Crippen LogP contribution < -0.4 is 9.47 Å². The molecule has 0 unspecified atom stereocenters. The molecule has 2 nitrogen and oxygen atoms in total. The van der Waals surface area contributed by atoms with Crippen LogP contribution in [-0.2, 0) is 0 Å². The first-order valence-electron chi connectivity index (χ1n) is 6.33. The zero-order valence-corrected chi connectivity index (χ0v) is 13.3. The lowest BCUT2D eigenvalue weighted by atomic mass is 9.98. The van der Waals surface area contributed by atoms with E-state index in [1.807, 2.05) is 26.0 Å². The first-order valence-corrected chi connectivity index (χ1v) is 7.12. The lowest BCUT2D eigenvalue weighted by Crippen LogP contribution is -2.12. The van der Waals surface area contributed by atoms with Crippen LogP contribution in [0.5, 0.6) is 11.5 Å². The van der Waals surface area contributed by atoms with Crippen molar-refractivity contribution in [2.45, 2.75) is 27.7 Å². The molecule has 0 amide bonds. The van der Waals surface area contributed by atoms with Gasteiger partial charge in [-0.3, -0.25) is 0 Å². The largest absolute Gasteiger partial charge is 0.493 e. The van der Waals surface area contributed by atoms with Crippen molar-refractivity contribution >= 4 is 22.0 Å². The van der Waals surface area contributed by atoms with E-state index in [1.54, 1.807) is 7.11 Å². The minimum atomic E-state index is 0.506. The van der Waals surface area contributed by atoms with Crippen LogP contribution in [0.15, 0.2) is 22.2 Å². The third-order valence-electron chi connectivity index (χ3n) is 2.78. The second kappa shape index (κ2) is 6.83. The lowest BCUT2D eigenvalue weighted by molar-refractivity contribution is 0.306. The van der Waals surface area contributed by atoms with Crippen LogP contribution in [0.3, 0.4) is 0 Å². The summed E-state index contributed by atoms with van der Waals surface area (Å²) in [5, 5.41) is 0. The molecule has 0 spiro atoms.